The topological polar surface area (TPSA) is 102 Å². The van der Waals surface area contributed by atoms with Crippen LogP contribution >= 0.6 is 0 Å². The van der Waals surface area contributed by atoms with Gasteiger partial charge in [-0.25, -0.2) is 9.48 Å². The molecule has 20 heavy (non-hydrogen) atoms. The molecule has 3 heterocycles. The molecule has 106 valence electrons. The van der Waals surface area contributed by atoms with Gasteiger partial charge >= 0.3 is 5.97 Å². The van der Waals surface area contributed by atoms with Crippen LogP contribution in [0.3, 0.4) is 0 Å². The zero-order valence-corrected chi connectivity index (χ0v) is 11.3. The zero-order valence-electron chi connectivity index (χ0n) is 11.3. The van der Waals surface area contributed by atoms with E-state index in [-0.39, 0.29) is 11.7 Å². The van der Waals surface area contributed by atoms with Crippen molar-refractivity contribution in [2.45, 2.75) is 19.5 Å². The van der Waals surface area contributed by atoms with Crippen molar-refractivity contribution in [3.63, 3.8) is 0 Å². The van der Waals surface area contributed by atoms with Crippen LogP contribution < -0.4 is 0 Å². The standard InChI is InChI=1S/C11H15N7O2/c1-7-12-14-10(16(7)2)6-17-3-8(4-17)18-5-9(11(19)20)13-15-18/h5,8H,3-4,6H2,1-2H3,(H,19,20). The van der Waals surface area contributed by atoms with Crippen molar-refractivity contribution in [1.29, 1.82) is 0 Å². The average Bonchev–Trinajstić information content (AvgIpc) is 2.94. The van der Waals surface area contributed by atoms with Gasteiger partial charge in [0.2, 0.25) is 0 Å². The van der Waals surface area contributed by atoms with Crippen LogP contribution in [0.15, 0.2) is 6.20 Å². The zero-order chi connectivity index (χ0) is 14.3. The highest BCUT2D eigenvalue weighted by Gasteiger charge is 2.30. The molecule has 9 heteroatoms. The lowest BCUT2D eigenvalue weighted by atomic mass is 10.1. The van der Waals surface area contributed by atoms with Gasteiger partial charge in [-0.1, -0.05) is 5.21 Å². The molecule has 0 aromatic carbocycles. The van der Waals surface area contributed by atoms with Crippen LogP contribution in [0, 0.1) is 6.92 Å². The Hall–Kier alpha value is -2.29. The molecular formula is C11H15N7O2. The Bertz CT molecular complexity index is 641. The van der Waals surface area contributed by atoms with Gasteiger partial charge < -0.3 is 9.67 Å². The minimum atomic E-state index is -1.05. The van der Waals surface area contributed by atoms with Crippen LogP contribution in [0.25, 0.3) is 0 Å². The molecule has 1 aliphatic heterocycles. The summed E-state index contributed by atoms with van der Waals surface area (Å²) in [5.74, 6) is 0.757. The molecule has 1 saturated heterocycles. The van der Waals surface area contributed by atoms with Crippen molar-refractivity contribution in [3.8, 4) is 0 Å². The van der Waals surface area contributed by atoms with Crippen molar-refractivity contribution in [1.82, 2.24) is 34.7 Å². The third-order valence-electron chi connectivity index (χ3n) is 3.59. The first kappa shape index (κ1) is 12.7. The summed E-state index contributed by atoms with van der Waals surface area (Å²) in [5.41, 5.74) is -0.0209. The lowest BCUT2D eigenvalue weighted by Gasteiger charge is -2.38. The van der Waals surface area contributed by atoms with E-state index >= 15 is 0 Å². The molecule has 0 unspecified atom stereocenters. The fourth-order valence-electron chi connectivity index (χ4n) is 2.18. The number of hydrogen-bond donors (Lipinski definition) is 1. The molecule has 0 atom stereocenters. The molecule has 3 rings (SSSR count). The van der Waals surface area contributed by atoms with E-state index in [2.05, 4.69) is 25.4 Å². The number of aromatic carboxylic acids is 1. The minimum Gasteiger partial charge on any atom is -0.476 e. The van der Waals surface area contributed by atoms with Crippen LogP contribution in [-0.4, -0.2) is 58.8 Å². The molecule has 2 aromatic heterocycles. The van der Waals surface area contributed by atoms with E-state index in [9.17, 15) is 4.79 Å². The molecule has 1 N–H and O–H groups in total. The van der Waals surface area contributed by atoms with Gasteiger partial charge in [0.25, 0.3) is 0 Å². The van der Waals surface area contributed by atoms with Crippen LogP contribution in [-0.2, 0) is 13.6 Å². The van der Waals surface area contributed by atoms with Gasteiger partial charge in [-0.2, -0.15) is 0 Å². The van der Waals surface area contributed by atoms with Gasteiger partial charge in [0.05, 0.1) is 18.8 Å². The summed E-state index contributed by atoms with van der Waals surface area (Å²) in [4.78, 5) is 12.9. The van der Waals surface area contributed by atoms with Crippen molar-refractivity contribution >= 4 is 5.97 Å². The molecule has 9 nitrogen and oxygen atoms in total. The normalized spacial score (nSPS) is 16.3. The quantitative estimate of drug-likeness (QED) is 0.801. The number of carboxylic acids is 1. The first-order chi connectivity index (χ1) is 9.54. The Labute approximate surface area is 114 Å². The summed E-state index contributed by atoms with van der Waals surface area (Å²) in [6.07, 6.45) is 1.47. The summed E-state index contributed by atoms with van der Waals surface area (Å²) in [5, 5.41) is 24.4. The summed E-state index contributed by atoms with van der Waals surface area (Å²) in [7, 11) is 1.94. The summed E-state index contributed by atoms with van der Waals surface area (Å²) < 4.78 is 3.58. The lowest BCUT2D eigenvalue weighted by Crippen LogP contribution is -2.47. The number of carbonyl (C=O) groups is 1. The monoisotopic (exact) mass is 277 g/mol. The van der Waals surface area contributed by atoms with Crippen molar-refractivity contribution in [3.05, 3.63) is 23.5 Å². The number of rotatable bonds is 4. The third kappa shape index (κ3) is 2.16. The molecule has 0 amide bonds. The summed E-state index contributed by atoms with van der Waals surface area (Å²) >= 11 is 0. The van der Waals surface area contributed by atoms with E-state index in [1.165, 1.54) is 6.20 Å². The number of likely N-dealkylation sites (tertiary alicyclic amines) is 1. The van der Waals surface area contributed by atoms with Crippen LogP contribution in [0.5, 0.6) is 0 Å². The van der Waals surface area contributed by atoms with Gasteiger partial charge in [0.1, 0.15) is 11.6 Å². The van der Waals surface area contributed by atoms with E-state index in [1.807, 2.05) is 18.5 Å². The fourth-order valence-corrected chi connectivity index (χ4v) is 2.18. The van der Waals surface area contributed by atoms with Crippen molar-refractivity contribution in [2.75, 3.05) is 13.1 Å². The van der Waals surface area contributed by atoms with Gasteiger partial charge in [-0.3, -0.25) is 4.90 Å². The highest BCUT2D eigenvalue weighted by atomic mass is 16.4. The summed E-state index contributed by atoms with van der Waals surface area (Å²) in [6, 6.07) is 0.171. The largest absolute Gasteiger partial charge is 0.476 e. The first-order valence-electron chi connectivity index (χ1n) is 6.27. The maximum atomic E-state index is 10.7. The smallest absolute Gasteiger partial charge is 0.358 e. The molecular weight excluding hydrogens is 262 g/mol. The molecule has 0 saturated carbocycles. The maximum absolute atomic E-state index is 10.7. The van der Waals surface area contributed by atoms with E-state index in [0.29, 0.717) is 0 Å². The number of hydrogen-bond acceptors (Lipinski definition) is 6. The highest BCUT2D eigenvalue weighted by molar-refractivity contribution is 5.84. The lowest BCUT2D eigenvalue weighted by molar-refractivity contribution is 0.0689. The SMILES string of the molecule is Cc1nnc(CN2CC(n3cc(C(=O)O)nn3)C2)n1C. The van der Waals surface area contributed by atoms with E-state index in [0.717, 1.165) is 31.3 Å². The van der Waals surface area contributed by atoms with Gasteiger partial charge in [-0.05, 0) is 6.92 Å². The van der Waals surface area contributed by atoms with Crippen molar-refractivity contribution in [2.24, 2.45) is 7.05 Å². The van der Waals surface area contributed by atoms with E-state index in [4.69, 9.17) is 5.11 Å². The Morgan fingerprint density at radius 3 is 2.70 bits per heavy atom. The fraction of sp³-hybridized carbons (Fsp3) is 0.545. The van der Waals surface area contributed by atoms with Gasteiger partial charge in [-0.15, -0.1) is 15.3 Å². The molecule has 2 aromatic rings. The number of carboxylic acid groups (broad SMARTS) is 1. The predicted octanol–water partition coefficient (Wildman–Crippen LogP) is -0.530. The molecule has 1 fully saturated rings. The van der Waals surface area contributed by atoms with Crippen LogP contribution in [0.4, 0.5) is 0 Å². The molecule has 0 radical (unpaired) electrons. The second-order valence-corrected chi connectivity index (χ2v) is 4.96. The van der Waals surface area contributed by atoms with Gasteiger partial charge in [0, 0.05) is 20.1 Å². The van der Waals surface area contributed by atoms with E-state index < -0.39 is 5.97 Å². The Balaban J connectivity index is 1.58. The Morgan fingerprint density at radius 2 is 2.15 bits per heavy atom. The first-order valence-corrected chi connectivity index (χ1v) is 6.27. The second kappa shape index (κ2) is 4.67. The number of aryl methyl sites for hydroxylation is 1. The highest BCUT2D eigenvalue weighted by Crippen LogP contribution is 2.22. The van der Waals surface area contributed by atoms with Crippen LogP contribution in [0.1, 0.15) is 28.2 Å². The number of aromatic nitrogens is 6. The Kier molecular flexibility index (Phi) is 2.97. The number of nitrogens with zero attached hydrogens (tertiary/aromatic N) is 7. The van der Waals surface area contributed by atoms with Crippen LogP contribution in [0.2, 0.25) is 0 Å². The molecule has 0 bridgehead atoms. The third-order valence-corrected chi connectivity index (χ3v) is 3.59. The minimum absolute atomic E-state index is 0.0209. The Morgan fingerprint density at radius 1 is 1.40 bits per heavy atom. The predicted molar refractivity (Wildman–Crippen MR) is 67.0 cm³/mol. The van der Waals surface area contributed by atoms with Crippen molar-refractivity contribution < 1.29 is 9.90 Å². The molecule has 0 aliphatic carbocycles. The molecule has 0 spiro atoms. The van der Waals surface area contributed by atoms with Gasteiger partial charge in [0.15, 0.2) is 5.69 Å². The molecule has 1 aliphatic rings. The maximum Gasteiger partial charge on any atom is 0.358 e. The average molecular weight is 277 g/mol. The van der Waals surface area contributed by atoms with E-state index in [1.54, 1.807) is 4.68 Å². The summed E-state index contributed by atoms with van der Waals surface area (Å²) in [6.45, 7) is 4.25. The second-order valence-electron chi connectivity index (χ2n) is 4.96.